The Labute approximate surface area is 99.8 Å². The lowest BCUT2D eigenvalue weighted by molar-refractivity contribution is -0.139. The Hall–Kier alpha value is -1.91. The third-order valence-corrected chi connectivity index (χ3v) is 3.17. The molecule has 0 fully saturated rings. The van der Waals surface area contributed by atoms with Crippen LogP contribution in [0.15, 0.2) is 18.2 Å². The molecule has 0 bridgehead atoms. The molecule has 1 aromatic rings. The lowest BCUT2D eigenvalue weighted by Crippen LogP contribution is -2.46. The normalized spacial score (nSPS) is 22.8. The van der Waals surface area contributed by atoms with Crippen molar-refractivity contribution < 1.29 is 14.6 Å². The van der Waals surface area contributed by atoms with Crippen molar-refractivity contribution in [2.24, 2.45) is 0 Å². The summed E-state index contributed by atoms with van der Waals surface area (Å²) < 4.78 is 5.70. The molecule has 2 unspecified atom stereocenters. The number of anilines is 2. The Bertz CT molecular complexity index is 447. The number of carboxylic acid groups (broad SMARTS) is 1. The van der Waals surface area contributed by atoms with E-state index in [-0.39, 0.29) is 18.6 Å². The SMILES string of the molecule is CC1C(CC(=O)O)Oc2cc(N)ccc2N1C. The van der Waals surface area contributed by atoms with Crippen molar-refractivity contribution in [1.82, 2.24) is 0 Å². The molecule has 0 radical (unpaired) electrons. The highest BCUT2D eigenvalue weighted by atomic mass is 16.5. The van der Waals surface area contributed by atoms with Crippen LogP contribution in [-0.2, 0) is 4.79 Å². The smallest absolute Gasteiger partial charge is 0.307 e. The largest absolute Gasteiger partial charge is 0.485 e. The molecule has 0 saturated carbocycles. The van der Waals surface area contributed by atoms with E-state index in [2.05, 4.69) is 0 Å². The third-order valence-electron chi connectivity index (χ3n) is 3.17. The molecule has 92 valence electrons. The van der Waals surface area contributed by atoms with E-state index in [0.29, 0.717) is 11.4 Å². The summed E-state index contributed by atoms with van der Waals surface area (Å²) in [4.78, 5) is 12.8. The van der Waals surface area contributed by atoms with Crippen LogP contribution in [0.25, 0.3) is 0 Å². The summed E-state index contributed by atoms with van der Waals surface area (Å²) in [5, 5.41) is 8.85. The van der Waals surface area contributed by atoms with Crippen LogP contribution < -0.4 is 15.4 Å². The molecule has 0 aromatic heterocycles. The number of carboxylic acids is 1. The summed E-state index contributed by atoms with van der Waals surface area (Å²) in [6, 6.07) is 5.44. The number of fused-ring (bicyclic) bond motifs is 1. The predicted molar refractivity (Wildman–Crippen MR) is 65.4 cm³/mol. The predicted octanol–water partition coefficient (Wildman–Crippen LogP) is 1.33. The number of likely N-dealkylation sites (N-methyl/N-ethyl adjacent to an activating group) is 1. The number of nitrogens with two attached hydrogens (primary N) is 1. The van der Waals surface area contributed by atoms with E-state index in [0.717, 1.165) is 5.69 Å². The van der Waals surface area contributed by atoms with E-state index in [1.54, 1.807) is 6.07 Å². The van der Waals surface area contributed by atoms with Gasteiger partial charge < -0.3 is 20.5 Å². The van der Waals surface area contributed by atoms with Gasteiger partial charge in [-0.3, -0.25) is 4.79 Å². The minimum atomic E-state index is -0.859. The van der Waals surface area contributed by atoms with Crippen LogP contribution in [0.4, 0.5) is 11.4 Å². The maximum Gasteiger partial charge on any atom is 0.307 e. The number of hydrogen-bond donors (Lipinski definition) is 2. The molecule has 3 N–H and O–H groups in total. The summed E-state index contributed by atoms with van der Waals surface area (Å²) in [6.07, 6.45) is -0.369. The molecule has 5 heteroatoms. The summed E-state index contributed by atoms with van der Waals surface area (Å²) in [7, 11) is 1.93. The number of hydrogen-bond acceptors (Lipinski definition) is 4. The molecule has 1 aliphatic rings. The van der Waals surface area contributed by atoms with Crippen LogP contribution >= 0.6 is 0 Å². The second-order valence-corrected chi connectivity index (χ2v) is 4.33. The number of nitrogen functional groups attached to an aromatic ring is 1. The number of rotatable bonds is 2. The highest BCUT2D eigenvalue weighted by molar-refractivity contribution is 5.70. The van der Waals surface area contributed by atoms with Crippen molar-refractivity contribution in [2.75, 3.05) is 17.7 Å². The van der Waals surface area contributed by atoms with Crippen molar-refractivity contribution in [2.45, 2.75) is 25.5 Å². The highest BCUT2D eigenvalue weighted by Crippen LogP contribution is 2.37. The monoisotopic (exact) mass is 236 g/mol. The van der Waals surface area contributed by atoms with E-state index in [1.165, 1.54) is 0 Å². The molecule has 0 spiro atoms. The van der Waals surface area contributed by atoms with Crippen LogP contribution in [0.5, 0.6) is 5.75 Å². The van der Waals surface area contributed by atoms with Gasteiger partial charge in [0.2, 0.25) is 0 Å². The van der Waals surface area contributed by atoms with Gasteiger partial charge in [-0.05, 0) is 19.1 Å². The average molecular weight is 236 g/mol. The Morgan fingerprint density at radius 1 is 1.59 bits per heavy atom. The maximum atomic E-state index is 10.8. The fraction of sp³-hybridized carbons (Fsp3) is 0.417. The zero-order valence-electron chi connectivity index (χ0n) is 9.88. The van der Waals surface area contributed by atoms with Crippen LogP contribution in [0.2, 0.25) is 0 Å². The maximum absolute atomic E-state index is 10.8. The summed E-state index contributed by atoms with van der Waals surface area (Å²) in [5.74, 6) is -0.209. The quantitative estimate of drug-likeness (QED) is 0.757. The second-order valence-electron chi connectivity index (χ2n) is 4.33. The second kappa shape index (κ2) is 4.16. The van der Waals surface area contributed by atoms with Gasteiger partial charge in [-0.1, -0.05) is 0 Å². The highest BCUT2D eigenvalue weighted by Gasteiger charge is 2.32. The first-order chi connectivity index (χ1) is 7.99. The molecule has 5 nitrogen and oxygen atoms in total. The Morgan fingerprint density at radius 2 is 2.29 bits per heavy atom. The first-order valence-electron chi connectivity index (χ1n) is 5.50. The van der Waals surface area contributed by atoms with Crippen molar-refractivity contribution in [3.8, 4) is 5.75 Å². The van der Waals surface area contributed by atoms with E-state index >= 15 is 0 Å². The minimum absolute atomic E-state index is 0.0141. The Balaban J connectivity index is 2.32. The van der Waals surface area contributed by atoms with Crippen molar-refractivity contribution >= 4 is 17.3 Å². The van der Waals surface area contributed by atoms with Crippen LogP contribution in [0.1, 0.15) is 13.3 Å². The molecule has 1 aliphatic heterocycles. The summed E-state index contributed by atoms with van der Waals surface area (Å²) in [6.45, 7) is 1.95. The first kappa shape index (κ1) is 11.6. The molecule has 1 aromatic carbocycles. The number of nitrogens with zero attached hydrogens (tertiary/aromatic N) is 1. The Morgan fingerprint density at radius 3 is 2.94 bits per heavy atom. The van der Waals surface area contributed by atoms with E-state index < -0.39 is 5.97 Å². The molecule has 2 atom stereocenters. The van der Waals surface area contributed by atoms with Crippen molar-refractivity contribution in [3.05, 3.63) is 18.2 Å². The van der Waals surface area contributed by atoms with E-state index in [1.807, 2.05) is 31.0 Å². The number of aliphatic carboxylic acids is 1. The van der Waals surface area contributed by atoms with Gasteiger partial charge >= 0.3 is 5.97 Å². The van der Waals surface area contributed by atoms with Crippen LogP contribution in [0, 0.1) is 0 Å². The third kappa shape index (κ3) is 2.13. The molecule has 2 rings (SSSR count). The fourth-order valence-electron chi connectivity index (χ4n) is 2.03. The summed E-state index contributed by atoms with van der Waals surface area (Å²) in [5.41, 5.74) is 7.24. The minimum Gasteiger partial charge on any atom is -0.485 e. The average Bonchev–Trinajstić information content (AvgIpc) is 2.24. The van der Waals surface area contributed by atoms with Gasteiger partial charge in [0.25, 0.3) is 0 Å². The molecule has 1 heterocycles. The van der Waals surface area contributed by atoms with Crippen molar-refractivity contribution in [1.29, 1.82) is 0 Å². The lowest BCUT2D eigenvalue weighted by atomic mass is 10.0. The van der Waals surface area contributed by atoms with Gasteiger partial charge in [-0.2, -0.15) is 0 Å². The van der Waals surface area contributed by atoms with Gasteiger partial charge in [0.15, 0.2) is 0 Å². The topological polar surface area (TPSA) is 75.8 Å². The zero-order valence-corrected chi connectivity index (χ0v) is 9.88. The van der Waals surface area contributed by atoms with Gasteiger partial charge in [0.1, 0.15) is 11.9 Å². The molecular formula is C12H16N2O3. The molecular weight excluding hydrogens is 220 g/mol. The van der Waals surface area contributed by atoms with Gasteiger partial charge in [0, 0.05) is 18.8 Å². The number of ether oxygens (including phenoxy) is 1. The molecule has 0 aliphatic carbocycles. The number of carbonyl (C=O) groups is 1. The standard InChI is InChI=1S/C12H16N2O3/c1-7-10(6-12(15)16)17-11-5-8(13)3-4-9(11)14(7)2/h3-5,7,10H,6,13H2,1-2H3,(H,15,16). The van der Waals surface area contributed by atoms with Gasteiger partial charge in [0.05, 0.1) is 18.2 Å². The fourth-order valence-corrected chi connectivity index (χ4v) is 2.03. The molecule has 0 amide bonds. The molecule has 17 heavy (non-hydrogen) atoms. The van der Waals surface area contributed by atoms with Gasteiger partial charge in [-0.15, -0.1) is 0 Å². The van der Waals surface area contributed by atoms with Crippen LogP contribution in [-0.4, -0.2) is 30.3 Å². The summed E-state index contributed by atoms with van der Waals surface area (Å²) >= 11 is 0. The molecule has 0 saturated heterocycles. The van der Waals surface area contributed by atoms with E-state index in [9.17, 15) is 4.79 Å². The van der Waals surface area contributed by atoms with E-state index in [4.69, 9.17) is 15.6 Å². The van der Waals surface area contributed by atoms with Gasteiger partial charge in [-0.25, -0.2) is 0 Å². The van der Waals surface area contributed by atoms with Crippen LogP contribution in [0.3, 0.4) is 0 Å². The Kier molecular flexibility index (Phi) is 2.83. The first-order valence-corrected chi connectivity index (χ1v) is 5.50. The number of benzene rings is 1. The lowest BCUT2D eigenvalue weighted by Gasteiger charge is -2.39. The zero-order chi connectivity index (χ0) is 12.6. The van der Waals surface area contributed by atoms with Crippen molar-refractivity contribution in [3.63, 3.8) is 0 Å².